The van der Waals surface area contributed by atoms with Crippen LogP contribution in [0.15, 0.2) is 48.5 Å². The first-order chi connectivity index (χ1) is 28.1. The summed E-state index contributed by atoms with van der Waals surface area (Å²) in [7, 11) is -0.865. The van der Waals surface area contributed by atoms with Gasteiger partial charge in [0.15, 0.2) is 6.17 Å². The number of aliphatic hydroxyl groups is 1. The predicted octanol–water partition coefficient (Wildman–Crippen LogP) is 1.72. The minimum absolute atomic E-state index is 0.0309. The third-order valence-corrected chi connectivity index (χ3v) is 12.7. The van der Waals surface area contributed by atoms with E-state index in [4.69, 9.17) is 26.5 Å². The topological polar surface area (TPSA) is 245 Å². The largest absolute Gasteiger partial charge is 0.497 e. The number of hydrogen-bond donors (Lipinski definition) is 9. The maximum Gasteiger partial charge on any atom is 0.497 e. The second-order valence-electron chi connectivity index (χ2n) is 17.4. The van der Waals surface area contributed by atoms with E-state index in [1.165, 1.54) is 25.3 Å². The highest BCUT2D eigenvalue weighted by Gasteiger charge is 2.68. The van der Waals surface area contributed by atoms with Crippen molar-refractivity contribution in [3.63, 3.8) is 0 Å². The highest BCUT2D eigenvalue weighted by molar-refractivity contribution is 6.47. The predicted molar refractivity (Wildman–Crippen MR) is 228 cm³/mol. The minimum Gasteiger partial charge on any atom is -0.403 e. The summed E-state index contributed by atoms with van der Waals surface area (Å²) in [5.41, 5.74) is 22.5. The fourth-order valence-corrected chi connectivity index (χ4v) is 8.86. The molecule has 15 nitrogen and oxygen atoms in total. The van der Waals surface area contributed by atoms with Gasteiger partial charge in [-0.05, 0) is 105 Å². The molecule has 4 amide bonds. The van der Waals surface area contributed by atoms with Crippen molar-refractivity contribution in [2.75, 3.05) is 13.1 Å². The van der Waals surface area contributed by atoms with Gasteiger partial charge in [0.1, 0.15) is 18.1 Å². The number of unbranched alkanes of at least 4 members (excludes halogenated alkanes) is 2. The lowest BCUT2D eigenvalue weighted by Gasteiger charge is -2.64. The molecule has 2 aromatic carbocycles. The van der Waals surface area contributed by atoms with Gasteiger partial charge in [0.05, 0.1) is 17.8 Å². The summed E-state index contributed by atoms with van der Waals surface area (Å²) >= 11 is 0. The Hall–Kier alpha value is -3.90. The molecule has 2 bridgehead atoms. The molecule has 1 saturated heterocycles. The molecular formula is C43H67BN8O7. The van der Waals surface area contributed by atoms with Crippen molar-refractivity contribution in [3.8, 4) is 11.1 Å². The van der Waals surface area contributed by atoms with Crippen LogP contribution in [-0.4, -0.2) is 91.1 Å². The zero-order valence-corrected chi connectivity index (χ0v) is 35.4. The molecule has 324 valence electrons. The summed E-state index contributed by atoms with van der Waals surface area (Å²) in [6, 6.07) is 13.4. The standard InChI is InChI=1S/C43H67BN8O7/c1-6-7-10-27-12-16-29(17-13-27)30-18-14-28(15-19-30)25-48-22-20-35(54)50-36(26(2)53)39(56)51-37(46)40(57)49-32(11-8-9-21-45)38(55)52-41(47)44-58-34-24-31-23-33(42(31,3)4)43(34,5)59-44/h12-19,26,31-34,36-37,41,48,53H,6-11,20-25,45-47H2,1-5H3,(H,49,57)(H,50,54)(H,51,56)(H,52,55)/t26-,31+,32+,33+,34?,36+,37-,41-,43+/m1/s1. The molecule has 12 N–H and O–H groups in total. The second-order valence-corrected chi connectivity index (χ2v) is 17.4. The zero-order valence-electron chi connectivity index (χ0n) is 35.4. The molecule has 3 saturated carbocycles. The number of aliphatic hydroxyl groups excluding tert-OH is 1. The molecule has 4 aliphatic rings. The molecule has 16 heteroatoms. The Kier molecular flexibility index (Phi) is 16.1. The summed E-state index contributed by atoms with van der Waals surface area (Å²) in [6.07, 6.45) is 3.73. The van der Waals surface area contributed by atoms with Crippen LogP contribution in [0.3, 0.4) is 0 Å². The van der Waals surface area contributed by atoms with Gasteiger partial charge in [0.25, 0.3) is 5.91 Å². The molecule has 1 unspecified atom stereocenters. The molecule has 0 radical (unpaired) electrons. The lowest BCUT2D eigenvalue weighted by molar-refractivity contribution is -0.199. The van der Waals surface area contributed by atoms with Crippen molar-refractivity contribution < 1.29 is 33.6 Å². The summed E-state index contributed by atoms with van der Waals surface area (Å²) in [6.45, 7) is 11.3. The Labute approximate surface area is 349 Å². The molecule has 3 aliphatic carbocycles. The highest BCUT2D eigenvalue weighted by Crippen LogP contribution is 2.65. The van der Waals surface area contributed by atoms with Crippen LogP contribution in [0.5, 0.6) is 0 Å². The van der Waals surface area contributed by atoms with Crippen molar-refractivity contribution >= 4 is 30.7 Å². The molecule has 1 heterocycles. The van der Waals surface area contributed by atoms with Crippen molar-refractivity contribution in [2.45, 2.75) is 141 Å². The van der Waals surface area contributed by atoms with E-state index in [9.17, 15) is 24.3 Å². The van der Waals surface area contributed by atoms with E-state index >= 15 is 0 Å². The van der Waals surface area contributed by atoms with Crippen LogP contribution < -0.4 is 43.8 Å². The van der Waals surface area contributed by atoms with Crippen LogP contribution in [0.4, 0.5) is 0 Å². The molecule has 0 spiro atoms. The van der Waals surface area contributed by atoms with Gasteiger partial charge in [0.2, 0.25) is 17.7 Å². The lowest BCUT2D eigenvalue weighted by atomic mass is 9.43. The summed E-state index contributed by atoms with van der Waals surface area (Å²) in [5.74, 6) is -1.90. The van der Waals surface area contributed by atoms with Gasteiger partial charge in [-0.1, -0.05) is 75.7 Å². The Balaban J connectivity index is 1.05. The maximum atomic E-state index is 13.5. The van der Waals surface area contributed by atoms with Gasteiger partial charge in [0, 0.05) is 19.5 Å². The van der Waals surface area contributed by atoms with E-state index < -0.39 is 66.8 Å². The molecular weight excluding hydrogens is 751 g/mol. The summed E-state index contributed by atoms with van der Waals surface area (Å²) in [4.78, 5) is 52.7. The molecule has 4 fully saturated rings. The molecule has 9 atom stereocenters. The van der Waals surface area contributed by atoms with E-state index in [-0.39, 0.29) is 24.4 Å². The average molecular weight is 819 g/mol. The highest BCUT2D eigenvalue weighted by atomic mass is 16.7. The van der Waals surface area contributed by atoms with E-state index in [1.54, 1.807) is 0 Å². The number of amides is 4. The number of hydrogen-bond acceptors (Lipinski definition) is 11. The monoisotopic (exact) mass is 819 g/mol. The zero-order chi connectivity index (χ0) is 42.9. The first-order valence-electron chi connectivity index (χ1n) is 21.4. The first kappa shape index (κ1) is 46.2. The van der Waals surface area contributed by atoms with E-state index in [0.29, 0.717) is 44.3 Å². The number of nitrogens with one attached hydrogen (secondary N) is 5. The van der Waals surface area contributed by atoms with Crippen LogP contribution in [0.2, 0.25) is 0 Å². The average Bonchev–Trinajstić information content (AvgIpc) is 3.58. The van der Waals surface area contributed by atoms with Crippen molar-refractivity contribution in [3.05, 3.63) is 59.7 Å². The van der Waals surface area contributed by atoms with Crippen LogP contribution in [0, 0.1) is 17.3 Å². The van der Waals surface area contributed by atoms with Gasteiger partial charge in [-0.3, -0.25) is 19.2 Å². The van der Waals surface area contributed by atoms with Crippen LogP contribution in [0.25, 0.3) is 11.1 Å². The number of nitrogens with two attached hydrogens (primary N) is 3. The number of carbonyl (C=O) groups is 4. The number of rotatable bonds is 22. The number of carbonyl (C=O) groups excluding carboxylic acids is 4. The molecule has 2 aromatic rings. The SMILES string of the molecule is CCCCc1ccc(-c2ccc(CNCCC(=O)N[C@H](C(=O)N[C@@H](N)C(=O)N[C@@H](CCCCN)C(=O)N[C@@H](N)B3OC4C[C@@H]5C[C@@H](C5(C)C)[C@]4(C)O3)[C@@H](C)O)cc2)cc1. The van der Waals surface area contributed by atoms with Gasteiger partial charge in [-0.25, -0.2) is 0 Å². The second kappa shape index (κ2) is 20.6. The van der Waals surface area contributed by atoms with Crippen LogP contribution in [-0.2, 0) is 41.5 Å². The quantitative estimate of drug-likeness (QED) is 0.0471. The van der Waals surface area contributed by atoms with Crippen molar-refractivity contribution in [1.82, 2.24) is 26.6 Å². The normalized spacial score (nSPS) is 24.1. The van der Waals surface area contributed by atoms with Gasteiger partial charge < -0.3 is 58.2 Å². The Morgan fingerprint density at radius 2 is 1.53 bits per heavy atom. The summed E-state index contributed by atoms with van der Waals surface area (Å²) < 4.78 is 12.6. The fourth-order valence-electron chi connectivity index (χ4n) is 8.86. The van der Waals surface area contributed by atoms with Gasteiger partial charge in [-0.2, -0.15) is 0 Å². The molecule has 0 aromatic heterocycles. The minimum atomic E-state index is -1.60. The van der Waals surface area contributed by atoms with Crippen LogP contribution >= 0.6 is 0 Å². The number of aryl methyl sites for hydroxylation is 1. The summed E-state index contributed by atoms with van der Waals surface area (Å²) in [5, 5.41) is 23.8. The fraction of sp³-hybridized carbons (Fsp3) is 0.628. The molecule has 59 heavy (non-hydrogen) atoms. The van der Waals surface area contributed by atoms with Crippen LogP contribution in [0.1, 0.15) is 97.1 Å². The van der Waals surface area contributed by atoms with E-state index in [0.717, 1.165) is 36.0 Å². The van der Waals surface area contributed by atoms with Crippen molar-refractivity contribution in [1.29, 1.82) is 0 Å². The van der Waals surface area contributed by atoms with E-state index in [2.05, 4.69) is 90.7 Å². The smallest absolute Gasteiger partial charge is 0.403 e. The Morgan fingerprint density at radius 1 is 0.864 bits per heavy atom. The Bertz CT molecular complexity index is 1730. The lowest BCUT2D eigenvalue weighted by Crippen LogP contribution is -2.65. The maximum absolute atomic E-state index is 13.5. The molecule has 6 rings (SSSR count). The van der Waals surface area contributed by atoms with Gasteiger partial charge >= 0.3 is 7.12 Å². The van der Waals surface area contributed by atoms with Crippen molar-refractivity contribution in [2.24, 2.45) is 34.5 Å². The number of benzene rings is 2. The van der Waals surface area contributed by atoms with Gasteiger partial charge in [-0.15, -0.1) is 0 Å². The first-order valence-corrected chi connectivity index (χ1v) is 21.4. The Morgan fingerprint density at radius 3 is 2.14 bits per heavy atom. The molecule has 1 aliphatic heterocycles. The third kappa shape index (κ3) is 11.5. The third-order valence-electron chi connectivity index (χ3n) is 12.7. The van der Waals surface area contributed by atoms with E-state index in [1.807, 2.05) is 12.1 Å².